The van der Waals surface area contributed by atoms with Gasteiger partial charge in [-0.2, -0.15) is 0 Å². The Morgan fingerprint density at radius 2 is 0.514 bits per heavy atom. The van der Waals surface area contributed by atoms with Crippen molar-refractivity contribution >= 4 is 87.2 Å². The maximum Gasteiger partial charge on any atom is 0.137 e. The zero-order valence-corrected chi connectivity index (χ0v) is 37.9. The summed E-state index contributed by atoms with van der Waals surface area (Å²) in [5.74, 6) is 0.880. The normalized spacial score (nSPS) is 12.0. The minimum absolute atomic E-state index is 0.880. The van der Waals surface area contributed by atoms with Crippen molar-refractivity contribution in [3.8, 4) is 45.1 Å². The molecule has 5 nitrogen and oxygen atoms in total. The van der Waals surface area contributed by atoms with E-state index in [-0.39, 0.29) is 0 Å². The molecule has 70 heavy (non-hydrogen) atoms. The molecular formula is C65H41N5. The highest BCUT2D eigenvalue weighted by molar-refractivity contribution is 6.14. The number of rotatable bonds is 6. The van der Waals surface area contributed by atoms with Gasteiger partial charge in [0.1, 0.15) is 5.82 Å². The van der Waals surface area contributed by atoms with Gasteiger partial charge in [0.05, 0.1) is 56.0 Å². The number of fused-ring (bicyclic) bond motifs is 12. The Morgan fingerprint density at radius 3 is 0.871 bits per heavy atom. The summed E-state index contributed by atoms with van der Waals surface area (Å²) < 4.78 is 9.40. The summed E-state index contributed by atoms with van der Waals surface area (Å²) in [7, 11) is 0. The highest BCUT2D eigenvalue weighted by atomic mass is 15.1. The van der Waals surface area contributed by atoms with Crippen molar-refractivity contribution in [2.24, 2.45) is 0 Å². The predicted octanol–water partition coefficient (Wildman–Crippen LogP) is 16.8. The number of benzene rings is 10. The van der Waals surface area contributed by atoms with E-state index in [1.54, 1.807) is 0 Å². The molecule has 15 aromatic rings. The Labute approximate surface area is 402 Å². The molecule has 10 aromatic carbocycles. The van der Waals surface area contributed by atoms with Crippen LogP contribution in [0.1, 0.15) is 0 Å². The second kappa shape index (κ2) is 15.0. The Hall–Kier alpha value is -9.45. The van der Waals surface area contributed by atoms with Crippen LogP contribution in [0.15, 0.2) is 249 Å². The lowest BCUT2D eigenvalue weighted by molar-refractivity contribution is 1.05. The Kier molecular flexibility index (Phi) is 8.29. The summed E-state index contributed by atoms with van der Waals surface area (Å²) in [6.07, 6.45) is 2.03. The Bertz CT molecular complexity index is 4270. The second-order valence-electron chi connectivity index (χ2n) is 18.4. The van der Waals surface area contributed by atoms with Gasteiger partial charge >= 0.3 is 0 Å². The molecule has 5 heterocycles. The third-order valence-electron chi connectivity index (χ3n) is 14.6. The number of hydrogen-bond acceptors (Lipinski definition) is 1. The van der Waals surface area contributed by atoms with E-state index < -0.39 is 0 Å². The van der Waals surface area contributed by atoms with Crippen molar-refractivity contribution in [3.63, 3.8) is 0 Å². The largest absolute Gasteiger partial charge is 0.309 e. The van der Waals surface area contributed by atoms with E-state index in [0.717, 1.165) is 44.9 Å². The molecule has 0 radical (unpaired) electrons. The molecule has 0 saturated heterocycles. The smallest absolute Gasteiger partial charge is 0.137 e. The fraction of sp³-hybridized carbons (Fsp3) is 0. The van der Waals surface area contributed by atoms with E-state index >= 15 is 0 Å². The number of aromatic nitrogens is 5. The zero-order valence-electron chi connectivity index (χ0n) is 37.9. The van der Waals surface area contributed by atoms with Gasteiger partial charge in [-0.25, -0.2) is 4.98 Å². The molecule has 0 unspecified atom stereocenters. The van der Waals surface area contributed by atoms with Crippen LogP contribution >= 0.6 is 0 Å². The Balaban J connectivity index is 0.813. The molecule has 5 aromatic heterocycles. The van der Waals surface area contributed by atoms with E-state index in [4.69, 9.17) is 4.98 Å². The van der Waals surface area contributed by atoms with E-state index in [2.05, 4.69) is 261 Å². The highest BCUT2D eigenvalue weighted by Crippen LogP contribution is 2.41. The summed E-state index contributed by atoms with van der Waals surface area (Å²) in [5.41, 5.74) is 17.5. The van der Waals surface area contributed by atoms with Gasteiger partial charge in [0, 0.05) is 54.5 Å². The summed E-state index contributed by atoms with van der Waals surface area (Å²) >= 11 is 0. The van der Waals surface area contributed by atoms with Gasteiger partial charge in [0.25, 0.3) is 0 Å². The fourth-order valence-corrected chi connectivity index (χ4v) is 11.5. The summed E-state index contributed by atoms with van der Waals surface area (Å²) in [6, 6.07) is 88.2. The lowest BCUT2D eigenvalue weighted by atomic mass is 10.0. The van der Waals surface area contributed by atoms with Gasteiger partial charge in [-0.1, -0.05) is 133 Å². The van der Waals surface area contributed by atoms with Gasteiger partial charge in [-0.15, -0.1) is 0 Å². The third kappa shape index (κ3) is 5.69. The standard InChI is InChI=1S/C65H41N5/c1-3-15-46(16-4-1)67-57-23-11-7-19-49(57)53-37-42(27-32-61(53)67)44-29-34-63-55(39-44)51-21-9-13-25-59(51)69(63)48-31-36-65(66-41-48)70-60-26-14-10-22-52(60)56-40-45(30-35-64(56)70)43-28-33-62-54(38-43)50-20-8-12-24-58(50)68(62)47-17-5-2-6-18-47/h1-41H. The molecule has 0 aliphatic heterocycles. The van der Waals surface area contributed by atoms with Crippen molar-refractivity contribution in [2.45, 2.75) is 0 Å². The summed E-state index contributed by atoms with van der Waals surface area (Å²) in [5, 5.41) is 9.81. The number of hydrogen-bond donors (Lipinski definition) is 0. The lowest BCUT2D eigenvalue weighted by Crippen LogP contribution is -2.00. The molecule has 15 rings (SSSR count). The van der Waals surface area contributed by atoms with Crippen LogP contribution in [0.5, 0.6) is 0 Å². The SMILES string of the molecule is c1ccc(-n2c3ccccc3c3cc(-c4ccc5c(c4)c4ccccc4n5-c4ccc(-n5c6ccccc6c6cc(-c7ccc8c(c7)c7ccccc7n8-c7ccccc7)ccc65)nc4)ccc32)cc1. The average molecular weight is 892 g/mol. The van der Waals surface area contributed by atoms with Crippen LogP contribution in [-0.2, 0) is 0 Å². The van der Waals surface area contributed by atoms with Gasteiger partial charge in [-0.05, 0) is 131 Å². The molecule has 5 heteroatoms. The minimum atomic E-state index is 0.880. The van der Waals surface area contributed by atoms with Crippen molar-refractivity contribution in [1.29, 1.82) is 0 Å². The van der Waals surface area contributed by atoms with Crippen molar-refractivity contribution < 1.29 is 0 Å². The number of pyridine rings is 1. The molecule has 0 aliphatic rings. The van der Waals surface area contributed by atoms with E-state index in [1.807, 2.05) is 6.20 Å². The van der Waals surface area contributed by atoms with E-state index in [0.29, 0.717) is 0 Å². The first kappa shape index (κ1) is 38.6. The van der Waals surface area contributed by atoms with Gasteiger partial charge < -0.3 is 13.7 Å². The fourth-order valence-electron chi connectivity index (χ4n) is 11.5. The topological polar surface area (TPSA) is 32.6 Å². The van der Waals surface area contributed by atoms with Crippen LogP contribution in [-0.4, -0.2) is 23.3 Å². The molecule has 0 amide bonds. The van der Waals surface area contributed by atoms with Crippen LogP contribution in [0.25, 0.3) is 132 Å². The van der Waals surface area contributed by atoms with Gasteiger partial charge in [0.15, 0.2) is 0 Å². The van der Waals surface area contributed by atoms with Crippen LogP contribution in [0.2, 0.25) is 0 Å². The third-order valence-corrected chi connectivity index (χ3v) is 14.6. The van der Waals surface area contributed by atoms with Crippen LogP contribution in [0.3, 0.4) is 0 Å². The maximum absolute atomic E-state index is 5.24. The van der Waals surface area contributed by atoms with Crippen molar-refractivity contribution in [1.82, 2.24) is 23.3 Å². The van der Waals surface area contributed by atoms with Gasteiger partial charge in [-0.3, -0.25) is 4.57 Å². The van der Waals surface area contributed by atoms with E-state index in [9.17, 15) is 0 Å². The Morgan fingerprint density at radius 1 is 0.214 bits per heavy atom. The van der Waals surface area contributed by atoms with E-state index in [1.165, 1.54) is 87.4 Å². The monoisotopic (exact) mass is 891 g/mol. The molecule has 0 aliphatic carbocycles. The lowest BCUT2D eigenvalue weighted by Gasteiger charge is -2.11. The van der Waals surface area contributed by atoms with Crippen LogP contribution < -0.4 is 0 Å². The molecule has 0 N–H and O–H groups in total. The molecule has 326 valence electrons. The second-order valence-corrected chi connectivity index (χ2v) is 18.4. The zero-order chi connectivity index (χ0) is 45.9. The summed E-state index contributed by atoms with van der Waals surface area (Å²) in [6.45, 7) is 0. The van der Waals surface area contributed by atoms with Crippen LogP contribution in [0.4, 0.5) is 0 Å². The molecule has 0 saturated carbocycles. The van der Waals surface area contributed by atoms with Crippen molar-refractivity contribution in [3.05, 3.63) is 249 Å². The number of nitrogens with zero attached hydrogens (tertiary/aromatic N) is 5. The predicted molar refractivity (Wildman–Crippen MR) is 292 cm³/mol. The molecule has 0 spiro atoms. The quantitative estimate of drug-likeness (QED) is 0.164. The minimum Gasteiger partial charge on any atom is -0.309 e. The highest BCUT2D eigenvalue weighted by Gasteiger charge is 2.19. The van der Waals surface area contributed by atoms with Gasteiger partial charge in [0.2, 0.25) is 0 Å². The average Bonchev–Trinajstić information content (AvgIpc) is 4.16. The van der Waals surface area contributed by atoms with Crippen LogP contribution in [0, 0.1) is 0 Å². The molecule has 0 atom stereocenters. The molecule has 0 bridgehead atoms. The summed E-state index contributed by atoms with van der Waals surface area (Å²) in [4.78, 5) is 5.24. The first-order valence-corrected chi connectivity index (χ1v) is 23.9. The molecule has 0 fully saturated rings. The molecular weight excluding hydrogens is 851 g/mol. The first-order valence-electron chi connectivity index (χ1n) is 23.9. The first-order chi connectivity index (χ1) is 34.7. The van der Waals surface area contributed by atoms with Crippen molar-refractivity contribution in [2.75, 3.05) is 0 Å². The maximum atomic E-state index is 5.24. The number of para-hydroxylation sites is 6.